The van der Waals surface area contributed by atoms with Crippen molar-refractivity contribution in [2.75, 3.05) is 13.9 Å². The third kappa shape index (κ3) is 3.05. The van der Waals surface area contributed by atoms with Crippen molar-refractivity contribution in [3.05, 3.63) is 53.6 Å². The number of methoxy groups -OCH3 is 1. The van der Waals surface area contributed by atoms with Crippen LogP contribution < -0.4 is 19.5 Å². The van der Waals surface area contributed by atoms with Crippen molar-refractivity contribution in [3.8, 4) is 17.2 Å². The van der Waals surface area contributed by atoms with Crippen LogP contribution in [0.5, 0.6) is 17.2 Å². The molecule has 0 unspecified atom stereocenters. The van der Waals surface area contributed by atoms with Crippen molar-refractivity contribution in [2.24, 2.45) is 0 Å². The third-order valence-electron chi connectivity index (χ3n) is 4.86. The lowest BCUT2D eigenvalue weighted by Crippen LogP contribution is -2.45. The van der Waals surface area contributed by atoms with Gasteiger partial charge in [0, 0.05) is 12.0 Å². The van der Waals surface area contributed by atoms with Gasteiger partial charge in [0.15, 0.2) is 11.5 Å². The molecule has 1 atom stereocenters. The maximum Gasteiger partial charge on any atom is 0.325 e. The second kappa shape index (κ2) is 6.50. The van der Waals surface area contributed by atoms with Crippen LogP contribution in [-0.2, 0) is 17.8 Å². The number of carbonyl (C=O) groups excluding carboxylic acids is 2. The largest absolute Gasteiger partial charge is 0.496 e. The van der Waals surface area contributed by atoms with E-state index in [9.17, 15) is 9.59 Å². The molecule has 7 nitrogen and oxygen atoms in total. The summed E-state index contributed by atoms with van der Waals surface area (Å²) < 4.78 is 16.0. The average molecular weight is 368 g/mol. The molecule has 3 amide bonds. The summed E-state index contributed by atoms with van der Waals surface area (Å²) in [5, 5.41) is 2.83. The van der Waals surface area contributed by atoms with Crippen LogP contribution in [0.15, 0.2) is 42.5 Å². The summed E-state index contributed by atoms with van der Waals surface area (Å²) in [5.74, 6) is 1.71. The molecule has 2 aromatic rings. The Morgan fingerprint density at radius 1 is 1.15 bits per heavy atom. The Balaban J connectivity index is 1.54. The molecule has 0 radical (unpaired) electrons. The number of imide groups is 1. The highest BCUT2D eigenvalue weighted by Crippen LogP contribution is 2.34. The number of ether oxygens (including phenoxy) is 3. The van der Waals surface area contributed by atoms with Crippen LogP contribution in [0, 0.1) is 0 Å². The van der Waals surface area contributed by atoms with Gasteiger partial charge in [-0.15, -0.1) is 0 Å². The van der Waals surface area contributed by atoms with Gasteiger partial charge in [-0.05, 0) is 30.7 Å². The fraction of sp³-hybridized carbons (Fsp3) is 0.300. The molecule has 0 bridgehead atoms. The monoisotopic (exact) mass is 368 g/mol. The minimum atomic E-state index is -1.02. The van der Waals surface area contributed by atoms with Crippen LogP contribution in [0.3, 0.4) is 0 Å². The number of benzene rings is 2. The first kappa shape index (κ1) is 17.2. The number of nitrogens with one attached hydrogen (secondary N) is 1. The topological polar surface area (TPSA) is 77.1 Å². The number of carbonyl (C=O) groups is 2. The Morgan fingerprint density at radius 3 is 2.74 bits per heavy atom. The molecule has 1 fully saturated rings. The summed E-state index contributed by atoms with van der Waals surface area (Å²) in [6.07, 6.45) is 0.358. The molecular weight excluding hydrogens is 348 g/mol. The Morgan fingerprint density at radius 2 is 1.93 bits per heavy atom. The molecule has 7 heteroatoms. The lowest BCUT2D eigenvalue weighted by molar-refractivity contribution is -0.131. The number of hydrogen-bond donors (Lipinski definition) is 1. The van der Waals surface area contributed by atoms with Gasteiger partial charge < -0.3 is 19.5 Å². The number of fused-ring (bicyclic) bond motifs is 1. The van der Waals surface area contributed by atoms with E-state index >= 15 is 0 Å². The highest BCUT2D eigenvalue weighted by Gasteiger charge is 2.47. The molecule has 2 aliphatic rings. The van der Waals surface area contributed by atoms with Crippen LogP contribution in [0.1, 0.15) is 18.1 Å². The van der Waals surface area contributed by atoms with E-state index in [-0.39, 0.29) is 19.2 Å². The van der Waals surface area contributed by atoms with Gasteiger partial charge in [0.1, 0.15) is 11.3 Å². The number of amides is 3. The van der Waals surface area contributed by atoms with E-state index in [0.29, 0.717) is 23.7 Å². The molecule has 1 saturated heterocycles. The number of hydrogen-bond acceptors (Lipinski definition) is 5. The highest BCUT2D eigenvalue weighted by molar-refractivity contribution is 6.06. The predicted molar refractivity (Wildman–Crippen MR) is 96.7 cm³/mol. The highest BCUT2D eigenvalue weighted by atomic mass is 16.7. The molecular formula is C20H20N2O5. The van der Waals surface area contributed by atoms with Gasteiger partial charge in [0.2, 0.25) is 6.79 Å². The molecule has 0 aromatic heterocycles. The number of rotatable bonds is 5. The Labute approximate surface area is 156 Å². The Kier molecular flexibility index (Phi) is 4.14. The minimum absolute atomic E-state index is 0.158. The van der Waals surface area contributed by atoms with Crippen molar-refractivity contribution < 1.29 is 23.8 Å². The summed E-state index contributed by atoms with van der Waals surface area (Å²) in [6, 6.07) is 12.5. The standard InChI is InChI=1S/C20H20N2O5/c1-20(10-13-7-8-16-17(9-13)27-12-26-16)18(23)22(19(24)21-20)11-14-5-3-4-6-15(14)25-2/h3-9H,10-12H2,1-2H3,(H,21,24)/t20-/m1/s1. The summed E-state index contributed by atoms with van der Waals surface area (Å²) >= 11 is 0. The Hall–Kier alpha value is -3.22. The summed E-state index contributed by atoms with van der Waals surface area (Å²) in [4.78, 5) is 26.7. The molecule has 140 valence electrons. The first-order valence-electron chi connectivity index (χ1n) is 8.65. The number of para-hydroxylation sites is 1. The zero-order valence-electron chi connectivity index (χ0n) is 15.2. The second-order valence-electron chi connectivity index (χ2n) is 6.83. The SMILES string of the molecule is COc1ccccc1CN1C(=O)N[C@](C)(Cc2ccc3c(c2)OCO3)C1=O. The van der Waals surface area contributed by atoms with Gasteiger partial charge in [-0.25, -0.2) is 4.79 Å². The van der Waals surface area contributed by atoms with E-state index in [1.807, 2.05) is 36.4 Å². The predicted octanol–water partition coefficient (Wildman–Crippen LogP) is 2.48. The van der Waals surface area contributed by atoms with Crippen molar-refractivity contribution in [1.29, 1.82) is 0 Å². The number of nitrogens with zero attached hydrogens (tertiary/aromatic N) is 1. The first-order valence-corrected chi connectivity index (χ1v) is 8.65. The molecule has 0 saturated carbocycles. The molecule has 4 rings (SSSR count). The van der Waals surface area contributed by atoms with Crippen LogP contribution in [-0.4, -0.2) is 36.3 Å². The summed E-state index contributed by atoms with van der Waals surface area (Å²) in [7, 11) is 1.56. The lowest BCUT2D eigenvalue weighted by atomic mass is 9.92. The molecule has 1 N–H and O–H groups in total. The second-order valence-corrected chi connectivity index (χ2v) is 6.83. The zero-order valence-corrected chi connectivity index (χ0v) is 15.2. The van der Waals surface area contributed by atoms with E-state index in [1.165, 1.54) is 4.90 Å². The summed E-state index contributed by atoms with van der Waals surface area (Å²) in [5.41, 5.74) is 0.637. The minimum Gasteiger partial charge on any atom is -0.496 e. The van der Waals surface area contributed by atoms with Gasteiger partial charge in [-0.1, -0.05) is 24.3 Å². The molecule has 0 aliphatic carbocycles. The maximum atomic E-state index is 13.0. The number of urea groups is 1. The van der Waals surface area contributed by atoms with Gasteiger partial charge >= 0.3 is 6.03 Å². The van der Waals surface area contributed by atoms with Crippen LogP contribution in [0.2, 0.25) is 0 Å². The average Bonchev–Trinajstić information content (AvgIpc) is 3.20. The first-order chi connectivity index (χ1) is 13.0. The van der Waals surface area contributed by atoms with Crippen LogP contribution in [0.4, 0.5) is 4.79 Å². The third-order valence-corrected chi connectivity index (χ3v) is 4.86. The van der Waals surface area contributed by atoms with Crippen LogP contribution in [0.25, 0.3) is 0 Å². The van der Waals surface area contributed by atoms with Crippen molar-refractivity contribution in [3.63, 3.8) is 0 Å². The summed E-state index contributed by atoms with van der Waals surface area (Å²) in [6.45, 7) is 2.09. The Bertz CT molecular complexity index is 913. The molecule has 0 spiro atoms. The molecule has 27 heavy (non-hydrogen) atoms. The van der Waals surface area contributed by atoms with E-state index < -0.39 is 11.6 Å². The zero-order chi connectivity index (χ0) is 19.0. The van der Waals surface area contributed by atoms with Crippen LogP contribution >= 0.6 is 0 Å². The normalized spacial score (nSPS) is 20.7. The van der Waals surface area contributed by atoms with Crippen molar-refractivity contribution >= 4 is 11.9 Å². The van der Waals surface area contributed by atoms with Gasteiger partial charge in [0.25, 0.3) is 5.91 Å². The van der Waals surface area contributed by atoms with E-state index in [0.717, 1.165) is 11.1 Å². The van der Waals surface area contributed by atoms with E-state index in [1.54, 1.807) is 20.1 Å². The van der Waals surface area contributed by atoms with E-state index in [2.05, 4.69) is 5.32 Å². The van der Waals surface area contributed by atoms with E-state index in [4.69, 9.17) is 14.2 Å². The van der Waals surface area contributed by atoms with Gasteiger partial charge in [-0.2, -0.15) is 0 Å². The van der Waals surface area contributed by atoms with Crippen molar-refractivity contribution in [1.82, 2.24) is 10.2 Å². The molecule has 2 heterocycles. The molecule has 2 aromatic carbocycles. The molecule has 2 aliphatic heterocycles. The fourth-order valence-electron chi connectivity index (χ4n) is 3.47. The quantitative estimate of drug-likeness (QED) is 0.821. The lowest BCUT2D eigenvalue weighted by Gasteiger charge is -2.22. The maximum absolute atomic E-state index is 13.0. The van der Waals surface area contributed by atoms with Crippen molar-refractivity contribution in [2.45, 2.75) is 25.4 Å². The fourth-order valence-corrected chi connectivity index (χ4v) is 3.47. The van der Waals surface area contributed by atoms with Gasteiger partial charge in [-0.3, -0.25) is 9.69 Å². The van der Waals surface area contributed by atoms with Gasteiger partial charge in [0.05, 0.1) is 13.7 Å². The smallest absolute Gasteiger partial charge is 0.325 e.